The number of aromatic nitrogens is 2. The minimum atomic E-state index is -0.717. The van der Waals surface area contributed by atoms with Crippen molar-refractivity contribution in [2.75, 3.05) is 40.5 Å². The molecule has 35 heavy (non-hydrogen) atoms. The highest BCUT2D eigenvalue weighted by molar-refractivity contribution is 7.17. The lowest BCUT2D eigenvalue weighted by Gasteiger charge is -2.24. The van der Waals surface area contributed by atoms with Crippen molar-refractivity contribution < 1.29 is 19.3 Å². The van der Waals surface area contributed by atoms with Crippen LogP contribution >= 0.6 is 11.3 Å². The Morgan fingerprint density at radius 1 is 1.09 bits per heavy atom. The highest BCUT2D eigenvalue weighted by atomic mass is 32.1. The highest BCUT2D eigenvalue weighted by Crippen LogP contribution is 2.31. The Morgan fingerprint density at radius 3 is 2.57 bits per heavy atom. The molecule has 0 radical (unpaired) electrons. The van der Waals surface area contributed by atoms with Crippen LogP contribution in [-0.2, 0) is 11.3 Å². The van der Waals surface area contributed by atoms with Crippen LogP contribution in [0.4, 0.5) is 0 Å². The summed E-state index contributed by atoms with van der Waals surface area (Å²) in [7, 11) is 3.25. The lowest BCUT2D eigenvalue weighted by molar-refractivity contribution is 0.0533. The Kier molecular flexibility index (Phi) is 8.49. The molecule has 0 saturated heterocycles. The van der Waals surface area contributed by atoms with Crippen molar-refractivity contribution in [1.82, 2.24) is 14.9 Å². The Labute approximate surface area is 207 Å². The molecule has 0 aliphatic heterocycles. The van der Waals surface area contributed by atoms with Gasteiger partial charge in [-0.2, -0.15) is 0 Å². The van der Waals surface area contributed by atoms with Gasteiger partial charge in [0, 0.05) is 31.1 Å². The SMILES string of the molecule is COCCN(Cc1nc2scc(-c3ccc(OC)cc3)c2c(=O)[nH]1)C[C@@H](O)COc1ccccc1. The van der Waals surface area contributed by atoms with Gasteiger partial charge in [-0.15, -0.1) is 11.3 Å². The molecule has 2 aromatic carbocycles. The first kappa shape index (κ1) is 24.9. The average Bonchev–Trinajstić information content (AvgIpc) is 3.31. The van der Waals surface area contributed by atoms with Crippen LogP contribution in [0, 0.1) is 0 Å². The van der Waals surface area contributed by atoms with Crippen molar-refractivity contribution in [3.63, 3.8) is 0 Å². The van der Waals surface area contributed by atoms with E-state index in [0.29, 0.717) is 48.0 Å². The largest absolute Gasteiger partial charge is 0.497 e. The van der Waals surface area contributed by atoms with Gasteiger partial charge in [-0.3, -0.25) is 9.69 Å². The second-order valence-electron chi connectivity index (χ2n) is 8.08. The molecule has 1 atom stereocenters. The van der Waals surface area contributed by atoms with Crippen LogP contribution in [0.2, 0.25) is 0 Å². The van der Waals surface area contributed by atoms with E-state index in [-0.39, 0.29) is 12.2 Å². The number of fused-ring (bicyclic) bond motifs is 1. The third-order valence-electron chi connectivity index (χ3n) is 5.53. The van der Waals surface area contributed by atoms with Crippen LogP contribution in [0.25, 0.3) is 21.3 Å². The summed E-state index contributed by atoms with van der Waals surface area (Å²) in [6.07, 6.45) is -0.717. The standard InChI is InChI=1S/C26H29N3O5S/c1-32-13-12-29(14-19(30)16-34-21-6-4-3-5-7-21)15-23-27-25(31)24-22(17-35-26(24)28-23)18-8-10-20(33-2)11-9-18/h3-11,17,19,30H,12-16H2,1-2H3,(H,27,28,31)/t19-/m1/s1. The maximum atomic E-state index is 13.0. The number of rotatable bonds is 12. The molecule has 0 aliphatic rings. The number of aromatic amines is 1. The van der Waals surface area contributed by atoms with Crippen LogP contribution in [-0.4, -0.2) is 66.6 Å². The van der Waals surface area contributed by atoms with E-state index in [2.05, 4.69) is 4.98 Å². The molecule has 4 rings (SSSR count). The van der Waals surface area contributed by atoms with Gasteiger partial charge in [-0.05, 0) is 29.8 Å². The fraction of sp³-hybridized carbons (Fsp3) is 0.308. The molecule has 0 bridgehead atoms. The lowest BCUT2D eigenvalue weighted by Crippen LogP contribution is -2.38. The van der Waals surface area contributed by atoms with E-state index < -0.39 is 6.10 Å². The summed E-state index contributed by atoms with van der Waals surface area (Å²) in [5.41, 5.74) is 1.59. The first-order valence-electron chi connectivity index (χ1n) is 11.3. The summed E-state index contributed by atoms with van der Waals surface area (Å²) >= 11 is 1.44. The molecule has 9 heteroatoms. The smallest absolute Gasteiger partial charge is 0.260 e. The monoisotopic (exact) mass is 495 g/mol. The van der Waals surface area contributed by atoms with Gasteiger partial charge in [-0.1, -0.05) is 30.3 Å². The minimum Gasteiger partial charge on any atom is -0.497 e. The number of para-hydroxylation sites is 1. The second kappa shape index (κ2) is 11.9. The molecule has 0 aliphatic carbocycles. The Hall–Kier alpha value is -3.24. The molecular formula is C26H29N3O5S. The molecule has 0 unspecified atom stereocenters. The first-order chi connectivity index (χ1) is 17.1. The van der Waals surface area contributed by atoms with Crippen LogP contribution in [0.3, 0.4) is 0 Å². The summed E-state index contributed by atoms with van der Waals surface area (Å²) in [5.74, 6) is 2.00. The topological polar surface area (TPSA) is 96.9 Å². The van der Waals surface area contributed by atoms with Gasteiger partial charge >= 0.3 is 0 Å². The number of methoxy groups -OCH3 is 2. The number of hydrogen-bond acceptors (Lipinski definition) is 8. The van der Waals surface area contributed by atoms with Gasteiger partial charge in [0.05, 0.1) is 25.6 Å². The molecule has 2 N–H and O–H groups in total. The molecular weight excluding hydrogens is 466 g/mol. The molecule has 0 saturated carbocycles. The summed E-state index contributed by atoms with van der Waals surface area (Å²) < 4.78 is 16.1. The predicted molar refractivity (Wildman–Crippen MR) is 137 cm³/mol. The summed E-state index contributed by atoms with van der Waals surface area (Å²) in [5, 5.41) is 13.1. The molecule has 4 aromatic rings. The van der Waals surface area contributed by atoms with E-state index in [9.17, 15) is 9.90 Å². The fourth-order valence-corrected chi connectivity index (χ4v) is 4.75. The number of benzene rings is 2. The van der Waals surface area contributed by atoms with Gasteiger partial charge in [0.15, 0.2) is 0 Å². The maximum absolute atomic E-state index is 13.0. The third kappa shape index (κ3) is 6.46. The zero-order chi connectivity index (χ0) is 24.6. The minimum absolute atomic E-state index is 0.159. The predicted octanol–water partition coefficient (Wildman–Crippen LogP) is 3.55. The number of thiophene rings is 1. The van der Waals surface area contributed by atoms with Crippen molar-refractivity contribution in [2.45, 2.75) is 12.6 Å². The zero-order valence-electron chi connectivity index (χ0n) is 19.8. The molecule has 0 spiro atoms. The van der Waals surface area contributed by atoms with Crippen molar-refractivity contribution in [1.29, 1.82) is 0 Å². The van der Waals surface area contributed by atoms with Crippen molar-refractivity contribution in [2.24, 2.45) is 0 Å². The Balaban J connectivity index is 1.48. The van der Waals surface area contributed by atoms with E-state index in [1.165, 1.54) is 11.3 Å². The summed E-state index contributed by atoms with van der Waals surface area (Å²) in [4.78, 5) is 23.3. The first-order valence-corrected chi connectivity index (χ1v) is 12.2. The number of aliphatic hydroxyl groups is 1. The Bertz CT molecular complexity index is 1270. The number of nitrogens with one attached hydrogen (secondary N) is 1. The molecule has 8 nitrogen and oxygen atoms in total. The number of H-pyrrole nitrogens is 1. The van der Waals surface area contributed by atoms with E-state index in [1.54, 1.807) is 14.2 Å². The van der Waals surface area contributed by atoms with Crippen LogP contribution in [0.15, 0.2) is 64.8 Å². The number of nitrogens with zero attached hydrogens (tertiary/aromatic N) is 2. The van der Waals surface area contributed by atoms with Gasteiger partial charge in [0.2, 0.25) is 0 Å². The molecule has 0 amide bonds. The maximum Gasteiger partial charge on any atom is 0.260 e. The van der Waals surface area contributed by atoms with Crippen LogP contribution in [0.1, 0.15) is 5.82 Å². The lowest BCUT2D eigenvalue weighted by atomic mass is 10.1. The van der Waals surface area contributed by atoms with Gasteiger partial charge in [-0.25, -0.2) is 4.98 Å². The van der Waals surface area contributed by atoms with Gasteiger partial charge in [0.1, 0.15) is 34.9 Å². The normalized spacial score (nSPS) is 12.2. The third-order valence-corrected chi connectivity index (χ3v) is 6.41. The van der Waals surface area contributed by atoms with E-state index in [4.69, 9.17) is 19.2 Å². The van der Waals surface area contributed by atoms with Gasteiger partial charge in [0.25, 0.3) is 5.56 Å². The number of hydrogen-bond donors (Lipinski definition) is 2. The van der Waals surface area contributed by atoms with Crippen LogP contribution < -0.4 is 15.0 Å². The summed E-state index contributed by atoms with van der Waals surface area (Å²) in [6, 6.07) is 17.0. The van der Waals surface area contributed by atoms with Gasteiger partial charge < -0.3 is 24.3 Å². The molecule has 2 aromatic heterocycles. The van der Waals surface area contributed by atoms with Crippen molar-refractivity contribution in [3.8, 4) is 22.6 Å². The molecule has 0 fully saturated rings. The molecule has 184 valence electrons. The van der Waals surface area contributed by atoms with E-state index >= 15 is 0 Å². The summed E-state index contributed by atoms with van der Waals surface area (Å²) in [6.45, 7) is 1.93. The number of ether oxygens (including phenoxy) is 3. The van der Waals surface area contributed by atoms with Crippen molar-refractivity contribution in [3.05, 3.63) is 76.2 Å². The van der Waals surface area contributed by atoms with E-state index in [0.717, 1.165) is 16.9 Å². The number of aliphatic hydroxyl groups excluding tert-OH is 1. The zero-order valence-corrected chi connectivity index (χ0v) is 20.6. The van der Waals surface area contributed by atoms with Crippen LogP contribution in [0.5, 0.6) is 11.5 Å². The van der Waals surface area contributed by atoms with E-state index in [1.807, 2.05) is 64.9 Å². The quantitative estimate of drug-likeness (QED) is 0.310. The molecule has 2 heterocycles. The second-order valence-corrected chi connectivity index (χ2v) is 8.93. The highest BCUT2D eigenvalue weighted by Gasteiger charge is 2.17. The Morgan fingerprint density at radius 2 is 1.86 bits per heavy atom. The fourth-order valence-electron chi connectivity index (χ4n) is 3.78. The van der Waals surface area contributed by atoms with Crippen molar-refractivity contribution >= 4 is 21.6 Å². The average molecular weight is 496 g/mol.